The topological polar surface area (TPSA) is 44.0 Å². The van der Waals surface area contributed by atoms with Crippen LogP contribution in [0, 0.1) is 13.8 Å². The van der Waals surface area contributed by atoms with E-state index in [2.05, 4.69) is 52.2 Å². The second kappa shape index (κ2) is 6.79. The van der Waals surface area contributed by atoms with Crippen LogP contribution in [-0.4, -0.2) is 26.0 Å². The number of thiocarbonyl (C=S) groups is 1. The number of rotatable bonds is 3. The van der Waals surface area contributed by atoms with Crippen molar-refractivity contribution in [1.82, 2.24) is 20.2 Å². The third kappa shape index (κ3) is 3.06. The first-order chi connectivity index (χ1) is 12.1. The van der Waals surface area contributed by atoms with E-state index in [1.54, 1.807) is 0 Å². The molecule has 0 amide bonds. The fraction of sp³-hybridized carbons (Fsp3) is 0.500. The smallest absolute Gasteiger partial charge is 0.170 e. The highest BCUT2D eigenvalue weighted by atomic mass is 32.1. The maximum absolute atomic E-state index is 5.80. The summed E-state index contributed by atoms with van der Waals surface area (Å²) in [4.78, 5) is 10.6. The maximum Gasteiger partial charge on any atom is 0.170 e. The van der Waals surface area contributed by atoms with E-state index in [4.69, 9.17) is 12.2 Å². The molecule has 1 aliphatic carbocycles. The summed E-state index contributed by atoms with van der Waals surface area (Å²) in [6.45, 7) is 4.29. The number of aryl methyl sites for hydroxylation is 2. The van der Waals surface area contributed by atoms with Crippen LogP contribution in [0.15, 0.2) is 30.5 Å². The minimum Gasteiger partial charge on any atom is -0.362 e. The van der Waals surface area contributed by atoms with Gasteiger partial charge in [0.05, 0.1) is 17.8 Å². The molecule has 1 saturated carbocycles. The Morgan fingerprint density at radius 2 is 1.96 bits per heavy atom. The number of hydrogen-bond acceptors (Lipinski definition) is 2. The van der Waals surface area contributed by atoms with Gasteiger partial charge in [-0.15, -0.1) is 0 Å². The Morgan fingerprint density at radius 1 is 1.16 bits per heavy atom. The minimum atomic E-state index is 0.101. The first-order valence-electron chi connectivity index (χ1n) is 9.31. The monoisotopic (exact) mass is 354 g/mol. The molecule has 2 aliphatic rings. The van der Waals surface area contributed by atoms with Gasteiger partial charge in [-0.1, -0.05) is 25.3 Å². The van der Waals surface area contributed by atoms with Gasteiger partial charge in [0, 0.05) is 23.6 Å². The van der Waals surface area contributed by atoms with Crippen molar-refractivity contribution < 1.29 is 0 Å². The fourth-order valence-electron chi connectivity index (χ4n) is 4.50. The van der Waals surface area contributed by atoms with E-state index in [1.807, 2.05) is 12.3 Å². The molecule has 1 saturated heterocycles. The van der Waals surface area contributed by atoms with Gasteiger partial charge in [0.1, 0.15) is 0 Å². The summed E-state index contributed by atoms with van der Waals surface area (Å²) in [5, 5.41) is 4.46. The number of aromatic amines is 1. The lowest BCUT2D eigenvalue weighted by Gasteiger charge is -2.37. The molecule has 2 fully saturated rings. The molecule has 25 heavy (non-hydrogen) atoms. The van der Waals surface area contributed by atoms with E-state index < -0.39 is 0 Å². The molecule has 2 atom stereocenters. The minimum absolute atomic E-state index is 0.101. The normalized spacial score (nSPS) is 24.6. The van der Waals surface area contributed by atoms with Crippen molar-refractivity contribution in [2.24, 2.45) is 0 Å². The first kappa shape index (κ1) is 16.6. The highest BCUT2D eigenvalue weighted by molar-refractivity contribution is 7.80. The lowest BCUT2D eigenvalue weighted by atomic mass is 9.90. The number of nitrogens with zero attached hydrogens (tertiary/aromatic N) is 2. The molecule has 3 heterocycles. The van der Waals surface area contributed by atoms with E-state index in [0.29, 0.717) is 6.04 Å². The average Bonchev–Trinajstić information content (AvgIpc) is 3.15. The van der Waals surface area contributed by atoms with Crippen molar-refractivity contribution in [1.29, 1.82) is 0 Å². The lowest BCUT2D eigenvalue weighted by Crippen LogP contribution is -2.40. The van der Waals surface area contributed by atoms with Crippen LogP contribution in [0.1, 0.15) is 66.8 Å². The highest BCUT2D eigenvalue weighted by Crippen LogP contribution is 2.43. The maximum atomic E-state index is 5.80. The molecule has 0 aromatic carbocycles. The first-order valence-corrected chi connectivity index (χ1v) is 9.72. The van der Waals surface area contributed by atoms with Crippen LogP contribution >= 0.6 is 12.2 Å². The van der Waals surface area contributed by atoms with E-state index in [1.165, 1.54) is 49.1 Å². The van der Waals surface area contributed by atoms with Crippen molar-refractivity contribution in [2.75, 3.05) is 0 Å². The summed E-state index contributed by atoms with van der Waals surface area (Å²) in [6, 6.07) is 9.24. The molecular weight excluding hydrogens is 328 g/mol. The molecule has 2 N–H and O–H groups in total. The summed E-state index contributed by atoms with van der Waals surface area (Å²) < 4.78 is 0. The Bertz CT molecular complexity index is 748. The van der Waals surface area contributed by atoms with Crippen molar-refractivity contribution in [2.45, 2.75) is 64.1 Å². The predicted octanol–water partition coefficient (Wildman–Crippen LogP) is 4.33. The second-order valence-electron chi connectivity index (χ2n) is 7.36. The molecule has 0 spiro atoms. The molecule has 132 valence electrons. The van der Waals surface area contributed by atoms with Gasteiger partial charge in [0.15, 0.2) is 5.11 Å². The Balaban J connectivity index is 1.77. The van der Waals surface area contributed by atoms with Crippen molar-refractivity contribution in [3.63, 3.8) is 0 Å². The summed E-state index contributed by atoms with van der Waals surface area (Å²) in [7, 11) is 0. The zero-order chi connectivity index (χ0) is 17.4. The van der Waals surface area contributed by atoms with Crippen LogP contribution in [0.5, 0.6) is 0 Å². The second-order valence-corrected chi connectivity index (χ2v) is 7.75. The molecule has 5 heteroatoms. The average molecular weight is 355 g/mol. The number of aromatic nitrogens is 2. The zero-order valence-electron chi connectivity index (χ0n) is 15.0. The van der Waals surface area contributed by atoms with Crippen LogP contribution in [0.3, 0.4) is 0 Å². The van der Waals surface area contributed by atoms with Gasteiger partial charge in [-0.3, -0.25) is 4.98 Å². The molecule has 4 rings (SSSR count). The molecule has 2 aromatic rings. The Morgan fingerprint density at radius 3 is 2.60 bits per heavy atom. The fourth-order valence-corrected chi connectivity index (χ4v) is 4.89. The third-order valence-corrected chi connectivity index (χ3v) is 5.94. The van der Waals surface area contributed by atoms with Gasteiger partial charge in [-0.05, 0) is 62.7 Å². The third-order valence-electron chi connectivity index (χ3n) is 5.61. The molecule has 1 aliphatic heterocycles. The van der Waals surface area contributed by atoms with Gasteiger partial charge < -0.3 is 15.2 Å². The molecular formula is C20H26N4S. The molecule has 0 unspecified atom stereocenters. The number of hydrogen-bond donors (Lipinski definition) is 2. The Hall–Kier alpha value is -1.88. The van der Waals surface area contributed by atoms with Crippen LogP contribution in [0.2, 0.25) is 0 Å². The molecule has 0 bridgehead atoms. The van der Waals surface area contributed by atoms with Crippen molar-refractivity contribution in [3.05, 3.63) is 53.1 Å². The quantitative estimate of drug-likeness (QED) is 0.805. The zero-order valence-corrected chi connectivity index (χ0v) is 15.8. The van der Waals surface area contributed by atoms with Crippen molar-refractivity contribution in [3.8, 4) is 0 Å². The van der Waals surface area contributed by atoms with E-state index in [9.17, 15) is 0 Å². The Kier molecular flexibility index (Phi) is 4.50. The van der Waals surface area contributed by atoms with Gasteiger partial charge in [-0.2, -0.15) is 0 Å². The van der Waals surface area contributed by atoms with Gasteiger partial charge >= 0.3 is 0 Å². The number of nitrogens with one attached hydrogen (secondary N) is 2. The molecule has 2 aromatic heterocycles. The van der Waals surface area contributed by atoms with Gasteiger partial charge in [0.25, 0.3) is 0 Å². The van der Waals surface area contributed by atoms with E-state index >= 15 is 0 Å². The van der Waals surface area contributed by atoms with Crippen molar-refractivity contribution >= 4 is 17.3 Å². The lowest BCUT2D eigenvalue weighted by molar-refractivity contribution is 0.197. The number of H-pyrrole nitrogens is 1. The predicted molar refractivity (Wildman–Crippen MR) is 104 cm³/mol. The van der Waals surface area contributed by atoms with E-state index in [0.717, 1.165) is 10.8 Å². The highest BCUT2D eigenvalue weighted by Gasteiger charge is 2.43. The SMILES string of the molecule is Cc1cc([C@@H]2[C@H](c3ccccn3)NC(=S)N2C2CCCCC2)c(C)[nH]1. The number of pyridine rings is 1. The summed E-state index contributed by atoms with van der Waals surface area (Å²) >= 11 is 5.80. The summed E-state index contributed by atoms with van der Waals surface area (Å²) in [6.07, 6.45) is 8.29. The van der Waals surface area contributed by atoms with Gasteiger partial charge in [0.2, 0.25) is 0 Å². The molecule has 4 nitrogen and oxygen atoms in total. The summed E-state index contributed by atoms with van der Waals surface area (Å²) in [5.74, 6) is 0. The standard InChI is InChI=1S/C20H26N4S/c1-13-12-16(14(2)22-13)19-18(17-10-6-7-11-21-17)23-20(25)24(19)15-8-4-3-5-9-15/h6-7,10-12,15,18-19,22H,3-5,8-9H2,1-2H3,(H,23,25)/t18-,19+/m0/s1. The van der Waals surface area contributed by atoms with E-state index in [-0.39, 0.29) is 12.1 Å². The molecule has 0 radical (unpaired) electrons. The summed E-state index contributed by atoms with van der Waals surface area (Å²) in [5.41, 5.74) is 4.84. The Labute approximate surface area is 155 Å². The van der Waals surface area contributed by atoms with Crippen LogP contribution in [0.4, 0.5) is 0 Å². The van der Waals surface area contributed by atoms with Gasteiger partial charge in [-0.25, -0.2) is 0 Å². The van der Waals surface area contributed by atoms with Crippen LogP contribution in [0.25, 0.3) is 0 Å². The van der Waals surface area contributed by atoms with Crippen LogP contribution < -0.4 is 5.32 Å². The van der Waals surface area contributed by atoms with Crippen LogP contribution in [-0.2, 0) is 0 Å². The largest absolute Gasteiger partial charge is 0.362 e.